The number of rotatable bonds is 5. The highest BCUT2D eigenvalue weighted by Gasteiger charge is 2.21. The second-order valence-corrected chi connectivity index (χ2v) is 10.6. The first-order chi connectivity index (χ1) is 20.8. The van der Waals surface area contributed by atoms with Gasteiger partial charge in [-0.15, -0.1) is 0 Å². The number of nitrogens with zero attached hydrogens (tertiary/aromatic N) is 3. The number of fused-ring (bicyclic) bond motifs is 7. The summed E-state index contributed by atoms with van der Waals surface area (Å²) in [6.07, 6.45) is 0. The van der Waals surface area contributed by atoms with Gasteiger partial charge in [-0.3, -0.25) is 0 Å². The Morgan fingerprint density at radius 2 is 1.10 bits per heavy atom. The molecule has 6 aromatic carbocycles. The van der Waals surface area contributed by atoms with E-state index in [1.54, 1.807) is 0 Å². The fourth-order valence-electron chi connectivity index (χ4n) is 6.30. The summed E-state index contributed by atoms with van der Waals surface area (Å²) in [5.74, 6) is 0. The Morgan fingerprint density at radius 3 is 1.83 bits per heavy atom. The molecule has 2 aromatic heterocycles. The van der Waals surface area contributed by atoms with Gasteiger partial charge in [0.1, 0.15) is 0 Å². The number of hydrogen-bond acceptors (Lipinski definition) is 2. The van der Waals surface area contributed by atoms with Gasteiger partial charge in [-0.05, 0) is 42.0 Å². The highest BCUT2D eigenvalue weighted by Crippen LogP contribution is 2.40. The Labute approximate surface area is 243 Å². The average molecular weight is 541 g/mol. The van der Waals surface area contributed by atoms with Crippen LogP contribution in [0.25, 0.3) is 49.3 Å². The number of nitrogens with two attached hydrogens (primary N) is 1. The third-order valence-corrected chi connectivity index (χ3v) is 8.19. The summed E-state index contributed by atoms with van der Waals surface area (Å²) in [6.45, 7) is 0.581. The maximum atomic E-state index is 6.39. The van der Waals surface area contributed by atoms with Gasteiger partial charge in [0.2, 0.25) is 0 Å². The van der Waals surface area contributed by atoms with Gasteiger partial charge in [0.25, 0.3) is 0 Å². The standard InChI is InChI=1S/C38H28N4/c39-32-19-9-10-20-33(32)40-34(26-13-3-1-4-14-26)25-41-35-21-11-7-17-28(35)30-23-24-31-29-18-8-12-22-36(29)42(38(31)37(30)41)27-15-5-2-6-16-27/h1-24H,25,39H2. The van der Waals surface area contributed by atoms with Gasteiger partial charge >= 0.3 is 0 Å². The van der Waals surface area contributed by atoms with Gasteiger partial charge in [-0.25, -0.2) is 4.99 Å². The zero-order valence-electron chi connectivity index (χ0n) is 23.0. The molecule has 2 N–H and O–H groups in total. The van der Waals surface area contributed by atoms with Crippen molar-refractivity contribution in [2.45, 2.75) is 6.54 Å². The van der Waals surface area contributed by atoms with Gasteiger partial charge < -0.3 is 14.9 Å². The van der Waals surface area contributed by atoms with Crippen LogP contribution in [0.5, 0.6) is 0 Å². The van der Waals surface area contributed by atoms with Crippen LogP contribution in [-0.4, -0.2) is 14.8 Å². The molecule has 4 heteroatoms. The lowest BCUT2D eigenvalue weighted by atomic mass is 10.1. The van der Waals surface area contributed by atoms with Crippen LogP contribution >= 0.6 is 0 Å². The second-order valence-electron chi connectivity index (χ2n) is 10.6. The third kappa shape index (κ3) is 3.80. The fraction of sp³-hybridized carbons (Fsp3) is 0.0263. The van der Waals surface area contributed by atoms with Crippen molar-refractivity contribution in [2.24, 2.45) is 4.99 Å². The van der Waals surface area contributed by atoms with Crippen molar-refractivity contribution in [2.75, 3.05) is 5.73 Å². The van der Waals surface area contributed by atoms with E-state index in [9.17, 15) is 0 Å². The molecular weight excluding hydrogens is 512 g/mol. The van der Waals surface area contributed by atoms with Crippen molar-refractivity contribution < 1.29 is 0 Å². The highest BCUT2D eigenvalue weighted by atomic mass is 15.0. The van der Waals surface area contributed by atoms with Gasteiger partial charge in [-0.2, -0.15) is 0 Å². The van der Waals surface area contributed by atoms with Crippen LogP contribution in [0, 0.1) is 0 Å². The summed E-state index contributed by atoms with van der Waals surface area (Å²) in [6, 6.07) is 50.9. The lowest BCUT2D eigenvalue weighted by molar-refractivity contribution is 0.934. The van der Waals surface area contributed by atoms with Gasteiger partial charge in [0.15, 0.2) is 0 Å². The highest BCUT2D eigenvalue weighted by molar-refractivity contribution is 6.23. The normalized spacial score (nSPS) is 12.1. The van der Waals surface area contributed by atoms with E-state index in [2.05, 4.69) is 124 Å². The summed E-state index contributed by atoms with van der Waals surface area (Å²) >= 11 is 0. The van der Waals surface area contributed by atoms with E-state index in [1.807, 2.05) is 30.3 Å². The predicted molar refractivity (Wildman–Crippen MR) is 177 cm³/mol. The van der Waals surface area contributed by atoms with E-state index in [-0.39, 0.29) is 0 Å². The smallest absolute Gasteiger partial charge is 0.0863 e. The zero-order valence-corrected chi connectivity index (χ0v) is 23.0. The maximum Gasteiger partial charge on any atom is 0.0863 e. The maximum absolute atomic E-state index is 6.39. The van der Waals surface area contributed by atoms with Crippen molar-refractivity contribution in [3.63, 3.8) is 0 Å². The zero-order chi connectivity index (χ0) is 28.0. The van der Waals surface area contributed by atoms with Gasteiger partial charge in [0.05, 0.1) is 40.2 Å². The van der Waals surface area contributed by atoms with Crippen LogP contribution in [0.2, 0.25) is 0 Å². The number of aromatic nitrogens is 2. The first-order valence-corrected chi connectivity index (χ1v) is 14.2. The Balaban J connectivity index is 1.50. The van der Waals surface area contributed by atoms with E-state index in [4.69, 9.17) is 10.7 Å². The van der Waals surface area contributed by atoms with E-state index >= 15 is 0 Å². The van der Waals surface area contributed by atoms with Crippen LogP contribution in [-0.2, 0) is 6.54 Å². The molecule has 0 bridgehead atoms. The van der Waals surface area contributed by atoms with E-state index in [1.165, 1.54) is 43.6 Å². The van der Waals surface area contributed by atoms with Crippen molar-refractivity contribution >= 4 is 60.7 Å². The molecule has 0 fully saturated rings. The number of anilines is 1. The van der Waals surface area contributed by atoms with Crippen molar-refractivity contribution in [3.8, 4) is 5.69 Å². The molecule has 8 aromatic rings. The Bertz CT molecular complexity index is 2270. The lowest BCUT2D eigenvalue weighted by Crippen LogP contribution is -2.12. The molecule has 0 unspecified atom stereocenters. The topological polar surface area (TPSA) is 48.2 Å². The van der Waals surface area contributed by atoms with Crippen molar-refractivity contribution in [3.05, 3.63) is 151 Å². The van der Waals surface area contributed by atoms with Crippen LogP contribution in [0.15, 0.2) is 151 Å². The molecule has 0 saturated carbocycles. The van der Waals surface area contributed by atoms with Crippen LogP contribution < -0.4 is 5.73 Å². The molecule has 0 aliphatic heterocycles. The average Bonchev–Trinajstić information content (AvgIpc) is 3.55. The first-order valence-electron chi connectivity index (χ1n) is 14.2. The number of nitrogen functional groups attached to an aromatic ring is 1. The Morgan fingerprint density at radius 1 is 0.524 bits per heavy atom. The van der Waals surface area contributed by atoms with Gasteiger partial charge in [-0.1, -0.05) is 109 Å². The van der Waals surface area contributed by atoms with Gasteiger partial charge in [0, 0.05) is 32.7 Å². The molecule has 0 saturated heterocycles. The van der Waals surface area contributed by atoms with Crippen molar-refractivity contribution in [1.82, 2.24) is 9.13 Å². The molecular formula is C38H28N4. The molecule has 8 rings (SSSR count). The van der Waals surface area contributed by atoms with E-state index in [0.29, 0.717) is 12.2 Å². The van der Waals surface area contributed by atoms with E-state index in [0.717, 1.165) is 22.6 Å². The Hall–Kier alpha value is -5.61. The molecule has 0 aliphatic rings. The van der Waals surface area contributed by atoms with Crippen molar-refractivity contribution in [1.29, 1.82) is 0 Å². The molecule has 0 amide bonds. The third-order valence-electron chi connectivity index (χ3n) is 8.19. The lowest BCUT2D eigenvalue weighted by Gasteiger charge is -2.14. The minimum absolute atomic E-state index is 0.581. The summed E-state index contributed by atoms with van der Waals surface area (Å²) in [4.78, 5) is 5.18. The molecule has 0 spiro atoms. The first kappa shape index (κ1) is 24.2. The molecule has 0 atom stereocenters. The predicted octanol–water partition coefficient (Wildman–Crippen LogP) is 9.29. The van der Waals surface area contributed by atoms with Crippen LogP contribution in [0.4, 0.5) is 11.4 Å². The summed E-state index contributed by atoms with van der Waals surface area (Å²) < 4.78 is 4.85. The molecule has 0 radical (unpaired) electrons. The number of aliphatic imine (C=N–C) groups is 1. The number of hydrogen-bond donors (Lipinski definition) is 1. The Kier molecular flexibility index (Phi) is 5.64. The summed E-state index contributed by atoms with van der Waals surface area (Å²) in [5.41, 5.74) is 15.8. The molecule has 200 valence electrons. The molecule has 42 heavy (non-hydrogen) atoms. The SMILES string of the molecule is Nc1ccccc1N=C(Cn1c2ccccc2c2ccc3c4ccccc4n(-c4ccccc4)c3c21)c1ccccc1. The quantitative estimate of drug-likeness (QED) is 0.172. The summed E-state index contributed by atoms with van der Waals surface area (Å²) in [7, 11) is 0. The minimum Gasteiger partial charge on any atom is -0.397 e. The molecule has 0 aliphatic carbocycles. The molecule has 4 nitrogen and oxygen atoms in total. The monoisotopic (exact) mass is 540 g/mol. The fourth-order valence-corrected chi connectivity index (χ4v) is 6.30. The minimum atomic E-state index is 0.581. The van der Waals surface area contributed by atoms with Crippen LogP contribution in [0.1, 0.15) is 5.56 Å². The second kappa shape index (κ2) is 9.79. The number of para-hydroxylation sites is 5. The van der Waals surface area contributed by atoms with E-state index < -0.39 is 0 Å². The number of benzene rings is 6. The largest absolute Gasteiger partial charge is 0.397 e. The molecule has 2 heterocycles. The summed E-state index contributed by atoms with van der Waals surface area (Å²) in [5, 5.41) is 4.93. The van der Waals surface area contributed by atoms with Crippen LogP contribution in [0.3, 0.4) is 0 Å².